The minimum absolute atomic E-state index is 0.161. The number of aryl methyl sites for hydroxylation is 1. The van der Waals surface area contributed by atoms with E-state index in [9.17, 15) is 4.79 Å². The number of nitrogens with one attached hydrogen (secondary N) is 1. The lowest BCUT2D eigenvalue weighted by molar-refractivity contribution is 0.167. The van der Waals surface area contributed by atoms with E-state index in [-0.39, 0.29) is 5.17 Å². The molecule has 0 fully saturated rings. The highest BCUT2D eigenvalue weighted by atomic mass is 35.5. The molecule has 0 aromatic heterocycles. The summed E-state index contributed by atoms with van der Waals surface area (Å²) < 4.78 is 0. The van der Waals surface area contributed by atoms with Crippen LogP contribution in [-0.2, 0) is 4.84 Å². The lowest BCUT2D eigenvalue weighted by atomic mass is 10.2. The highest BCUT2D eigenvalue weighted by molar-refractivity contribution is 6.64. The zero-order chi connectivity index (χ0) is 11.3. The molecule has 0 bridgehead atoms. The maximum Gasteiger partial charge on any atom is 0.437 e. The van der Waals surface area contributed by atoms with Gasteiger partial charge in [-0.2, -0.15) is 0 Å². The Hall–Kier alpha value is -1.55. The maximum absolute atomic E-state index is 11.1. The SMILES string of the molecule is C/C(Cl)=N/OC(=O)Nc1cccc(C)c1. The smallest absolute Gasteiger partial charge is 0.297 e. The third-order valence-corrected chi connectivity index (χ3v) is 1.59. The van der Waals surface area contributed by atoms with Crippen LogP contribution < -0.4 is 5.32 Å². The van der Waals surface area contributed by atoms with Crippen molar-refractivity contribution in [1.29, 1.82) is 0 Å². The van der Waals surface area contributed by atoms with Crippen LogP contribution in [0.3, 0.4) is 0 Å². The molecule has 0 spiro atoms. The first-order chi connectivity index (χ1) is 7.08. The van der Waals surface area contributed by atoms with Gasteiger partial charge < -0.3 is 0 Å². The third kappa shape index (κ3) is 4.46. The number of hydrogen-bond donors (Lipinski definition) is 1. The fourth-order valence-corrected chi connectivity index (χ4v) is 1.00. The molecule has 80 valence electrons. The Morgan fingerprint density at radius 1 is 1.53 bits per heavy atom. The number of anilines is 1. The second-order valence-electron chi connectivity index (χ2n) is 2.96. The molecule has 0 radical (unpaired) electrons. The monoisotopic (exact) mass is 226 g/mol. The molecule has 1 aromatic rings. The van der Waals surface area contributed by atoms with Gasteiger partial charge in [-0.25, -0.2) is 4.79 Å². The van der Waals surface area contributed by atoms with Crippen molar-refractivity contribution in [2.75, 3.05) is 5.32 Å². The van der Waals surface area contributed by atoms with E-state index < -0.39 is 6.09 Å². The van der Waals surface area contributed by atoms with E-state index in [0.29, 0.717) is 5.69 Å². The highest BCUT2D eigenvalue weighted by Crippen LogP contribution is 2.09. The van der Waals surface area contributed by atoms with Crippen LogP contribution in [0.4, 0.5) is 10.5 Å². The molecule has 0 heterocycles. The molecular formula is C10H11ClN2O2. The lowest BCUT2D eigenvalue weighted by Crippen LogP contribution is -2.11. The van der Waals surface area contributed by atoms with Gasteiger partial charge in [-0.05, 0) is 31.5 Å². The van der Waals surface area contributed by atoms with E-state index in [1.165, 1.54) is 6.92 Å². The zero-order valence-corrected chi connectivity index (χ0v) is 9.21. The topological polar surface area (TPSA) is 50.7 Å². The zero-order valence-electron chi connectivity index (χ0n) is 8.45. The molecule has 0 saturated carbocycles. The number of rotatable bonds is 2. The van der Waals surface area contributed by atoms with Crippen molar-refractivity contribution in [2.24, 2.45) is 5.16 Å². The second kappa shape index (κ2) is 5.36. The number of carbonyl (C=O) groups excluding carboxylic acids is 1. The van der Waals surface area contributed by atoms with Crippen molar-refractivity contribution in [2.45, 2.75) is 13.8 Å². The summed E-state index contributed by atoms with van der Waals surface area (Å²) >= 11 is 5.40. The van der Waals surface area contributed by atoms with E-state index in [2.05, 4.69) is 15.3 Å². The number of nitrogens with zero attached hydrogens (tertiary/aromatic N) is 1. The summed E-state index contributed by atoms with van der Waals surface area (Å²) in [6, 6.07) is 7.34. The largest absolute Gasteiger partial charge is 0.437 e. The summed E-state index contributed by atoms with van der Waals surface area (Å²) in [5.74, 6) is 0. The summed E-state index contributed by atoms with van der Waals surface area (Å²) in [7, 11) is 0. The summed E-state index contributed by atoms with van der Waals surface area (Å²) in [4.78, 5) is 15.6. The van der Waals surface area contributed by atoms with Gasteiger partial charge in [0.1, 0.15) is 5.17 Å². The van der Waals surface area contributed by atoms with Crippen molar-refractivity contribution in [3.8, 4) is 0 Å². The molecule has 0 aliphatic heterocycles. The fourth-order valence-electron chi connectivity index (χ4n) is 0.968. The van der Waals surface area contributed by atoms with Crippen molar-refractivity contribution >= 4 is 28.6 Å². The maximum atomic E-state index is 11.1. The molecule has 0 unspecified atom stereocenters. The lowest BCUT2D eigenvalue weighted by Gasteiger charge is -2.03. The Bertz CT molecular complexity index is 387. The summed E-state index contributed by atoms with van der Waals surface area (Å²) in [6.45, 7) is 3.44. The Morgan fingerprint density at radius 3 is 2.87 bits per heavy atom. The van der Waals surface area contributed by atoms with Crippen LogP contribution in [-0.4, -0.2) is 11.3 Å². The van der Waals surface area contributed by atoms with Gasteiger partial charge >= 0.3 is 6.09 Å². The number of carbonyl (C=O) groups is 1. The van der Waals surface area contributed by atoms with Gasteiger partial charge in [-0.15, -0.1) is 0 Å². The molecule has 0 aliphatic rings. The Morgan fingerprint density at radius 2 is 2.27 bits per heavy atom. The van der Waals surface area contributed by atoms with Gasteiger partial charge in [0, 0.05) is 5.69 Å². The molecule has 1 aromatic carbocycles. The first-order valence-corrected chi connectivity index (χ1v) is 4.70. The Kier molecular flexibility index (Phi) is 4.12. The van der Waals surface area contributed by atoms with Gasteiger partial charge in [-0.3, -0.25) is 10.2 Å². The van der Waals surface area contributed by atoms with Gasteiger partial charge in [0.15, 0.2) is 0 Å². The van der Waals surface area contributed by atoms with Gasteiger partial charge in [0.2, 0.25) is 0 Å². The van der Waals surface area contributed by atoms with E-state index in [0.717, 1.165) is 5.56 Å². The predicted molar refractivity (Wildman–Crippen MR) is 60.2 cm³/mol. The van der Waals surface area contributed by atoms with Crippen LogP contribution in [0.2, 0.25) is 0 Å². The molecule has 15 heavy (non-hydrogen) atoms. The molecule has 1 amide bonds. The number of amides is 1. The predicted octanol–water partition coefficient (Wildman–Crippen LogP) is 3.12. The van der Waals surface area contributed by atoms with Gasteiger partial charge in [0.25, 0.3) is 0 Å². The van der Waals surface area contributed by atoms with Crippen LogP contribution in [0, 0.1) is 6.92 Å². The van der Waals surface area contributed by atoms with E-state index in [1.807, 2.05) is 25.1 Å². The molecular weight excluding hydrogens is 216 g/mol. The second-order valence-corrected chi connectivity index (χ2v) is 3.51. The third-order valence-electron chi connectivity index (χ3n) is 1.52. The van der Waals surface area contributed by atoms with Gasteiger partial charge in [0.05, 0.1) is 0 Å². The van der Waals surface area contributed by atoms with Crippen LogP contribution in [0.15, 0.2) is 29.4 Å². The summed E-state index contributed by atoms with van der Waals surface area (Å²) in [5.41, 5.74) is 1.70. The summed E-state index contributed by atoms with van der Waals surface area (Å²) in [5, 5.41) is 5.99. The highest BCUT2D eigenvalue weighted by Gasteiger charge is 2.02. The molecule has 0 aliphatic carbocycles. The van der Waals surface area contributed by atoms with Crippen molar-refractivity contribution in [3.05, 3.63) is 29.8 Å². The van der Waals surface area contributed by atoms with Crippen LogP contribution in [0.1, 0.15) is 12.5 Å². The van der Waals surface area contributed by atoms with Crippen molar-refractivity contribution in [1.82, 2.24) is 0 Å². The van der Waals surface area contributed by atoms with Crippen LogP contribution in [0.5, 0.6) is 0 Å². The summed E-state index contributed by atoms with van der Waals surface area (Å²) in [6.07, 6.45) is -0.666. The molecule has 4 nitrogen and oxygen atoms in total. The number of hydrogen-bond acceptors (Lipinski definition) is 3. The van der Waals surface area contributed by atoms with Crippen LogP contribution >= 0.6 is 11.6 Å². The van der Waals surface area contributed by atoms with E-state index >= 15 is 0 Å². The number of oxime groups is 1. The Labute approximate surface area is 92.9 Å². The quantitative estimate of drug-likeness (QED) is 0.479. The van der Waals surface area contributed by atoms with E-state index in [4.69, 9.17) is 11.6 Å². The molecule has 0 atom stereocenters. The number of halogens is 1. The average molecular weight is 227 g/mol. The minimum Gasteiger partial charge on any atom is -0.297 e. The van der Waals surface area contributed by atoms with Gasteiger partial charge in [-0.1, -0.05) is 28.9 Å². The first kappa shape index (κ1) is 11.5. The molecule has 1 N–H and O–H groups in total. The standard InChI is InChI=1S/C10H11ClN2O2/c1-7-4-3-5-9(6-7)12-10(14)15-13-8(2)11/h3-6H,1-2H3,(H,12,14)/b13-8-. The number of benzene rings is 1. The minimum atomic E-state index is -0.666. The van der Waals surface area contributed by atoms with E-state index in [1.54, 1.807) is 6.07 Å². The average Bonchev–Trinajstić information content (AvgIpc) is 2.15. The van der Waals surface area contributed by atoms with Crippen LogP contribution in [0.25, 0.3) is 0 Å². The fraction of sp³-hybridized carbons (Fsp3) is 0.200. The molecule has 5 heteroatoms. The molecule has 1 rings (SSSR count). The normalized spacial score (nSPS) is 11.0. The first-order valence-electron chi connectivity index (χ1n) is 4.32. The Balaban J connectivity index is 2.55. The van der Waals surface area contributed by atoms with Crippen molar-refractivity contribution in [3.63, 3.8) is 0 Å². The van der Waals surface area contributed by atoms with Crippen molar-refractivity contribution < 1.29 is 9.63 Å². The molecule has 0 saturated heterocycles.